The van der Waals surface area contributed by atoms with Gasteiger partial charge in [-0.25, -0.2) is 22.7 Å². The first kappa shape index (κ1) is 16.4. The molecule has 1 amide bonds. The molecule has 0 radical (unpaired) electrons. The number of carboxylic acids is 1. The van der Waals surface area contributed by atoms with Crippen LogP contribution in [0.25, 0.3) is 0 Å². The number of likely N-dealkylation sites (tertiary alicyclic amines) is 1. The van der Waals surface area contributed by atoms with Gasteiger partial charge in [0.05, 0.1) is 5.75 Å². The van der Waals surface area contributed by atoms with E-state index in [1.807, 2.05) is 0 Å². The highest BCUT2D eigenvalue weighted by molar-refractivity contribution is 7.89. The summed E-state index contributed by atoms with van der Waals surface area (Å²) >= 11 is 0. The third-order valence-electron chi connectivity index (χ3n) is 3.44. The normalized spacial score (nSPS) is 20.2. The molecule has 0 aliphatic carbocycles. The number of nitrogens with zero attached hydrogens (tertiary/aromatic N) is 1. The molecule has 0 saturated carbocycles. The molecule has 1 aromatic rings. The van der Waals surface area contributed by atoms with Crippen molar-refractivity contribution in [2.75, 3.05) is 12.3 Å². The van der Waals surface area contributed by atoms with Gasteiger partial charge in [0.25, 0.3) is 0 Å². The Morgan fingerprint density at radius 2 is 2.00 bits per heavy atom. The molecule has 9 heteroatoms. The molecule has 1 fully saturated rings. The van der Waals surface area contributed by atoms with Gasteiger partial charge in [0.1, 0.15) is 5.82 Å². The molecule has 1 heterocycles. The van der Waals surface area contributed by atoms with E-state index in [2.05, 4.69) is 0 Å². The molecule has 0 aromatic heterocycles. The van der Waals surface area contributed by atoms with E-state index in [9.17, 15) is 27.5 Å². The SMILES string of the molecule is NS(=O)(=O)CC1CC(=O)N([C@H](C(=O)O)c2ccc(F)cc2)C1. The van der Waals surface area contributed by atoms with Crippen molar-refractivity contribution in [1.82, 2.24) is 4.90 Å². The monoisotopic (exact) mass is 330 g/mol. The predicted octanol–water partition coefficient (Wildman–Crippen LogP) is 0.0884. The minimum absolute atomic E-state index is 0.0242. The van der Waals surface area contributed by atoms with Gasteiger partial charge in [-0.15, -0.1) is 0 Å². The number of amides is 1. The lowest BCUT2D eigenvalue weighted by molar-refractivity contribution is -0.148. The van der Waals surface area contributed by atoms with Crippen LogP contribution in [0.3, 0.4) is 0 Å². The predicted molar refractivity (Wildman–Crippen MR) is 74.6 cm³/mol. The Morgan fingerprint density at radius 1 is 1.41 bits per heavy atom. The molecule has 0 bridgehead atoms. The second kappa shape index (κ2) is 6.01. The Bertz CT molecular complexity index is 689. The first-order valence-electron chi connectivity index (χ1n) is 6.45. The number of nitrogens with two attached hydrogens (primary N) is 1. The fourth-order valence-corrected chi connectivity index (χ4v) is 3.48. The number of benzene rings is 1. The Hall–Kier alpha value is -2.00. The molecule has 1 aliphatic rings. The van der Waals surface area contributed by atoms with Crippen LogP contribution < -0.4 is 5.14 Å². The van der Waals surface area contributed by atoms with Crippen LogP contribution in [-0.2, 0) is 19.6 Å². The van der Waals surface area contributed by atoms with Gasteiger partial charge in [-0.3, -0.25) is 4.79 Å². The van der Waals surface area contributed by atoms with E-state index in [0.29, 0.717) is 0 Å². The molecule has 3 N–H and O–H groups in total. The zero-order chi connectivity index (χ0) is 16.5. The number of carbonyl (C=O) groups excluding carboxylic acids is 1. The third kappa shape index (κ3) is 3.80. The average molecular weight is 330 g/mol. The molecular formula is C13H15FN2O5S. The van der Waals surface area contributed by atoms with Crippen LogP contribution in [0.4, 0.5) is 4.39 Å². The molecular weight excluding hydrogens is 315 g/mol. The van der Waals surface area contributed by atoms with Crippen molar-refractivity contribution in [2.45, 2.75) is 12.5 Å². The zero-order valence-corrected chi connectivity index (χ0v) is 12.3. The second-order valence-electron chi connectivity index (χ2n) is 5.24. The van der Waals surface area contributed by atoms with E-state index in [0.717, 1.165) is 17.0 Å². The zero-order valence-electron chi connectivity index (χ0n) is 11.5. The van der Waals surface area contributed by atoms with E-state index >= 15 is 0 Å². The van der Waals surface area contributed by atoms with Crippen LogP contribution in [-0.4, -0.2) is 42.6 Å². The number of hydrogen-bond donors (Lipinski definition) is 2. The van der Waals surface area contributed by atoms with E-state index in [1.54, 1.807) is 0 Å². The molecule has 22 heavy (non-hydrogen) atoms. The molecule has 2 atom stereocenters. The van der Waals surface area contributed by atoms with E-state index < -0.39 is 39.7 Å². The summed E-state index contributed by atoms with van der Waals surface area (Å²) in [4.78, 5) is 24.6. The van der Waals surface area contributed by atoms with Crippen LogP contribution in [0.2, 0.25) is 0 Å². The number of hydrogen-bond acceptors (Lipinski definition) is 4. The summed E-state index contributed by atoms with van der Waals surface area (Å²) in [6, 6.07) is 3.50. The first-order chi connectivity index (χ1) is 10.2. The number of rotatable bonds is 5. The van der Waals surface area contributed by atoms with Crippen molar-refractivity contribution in [3.05, 3.63) is 35.6 Å². The molecule has 1 aromatic carbocycles. The molecule has 1 aliphatic heterocycles. The summed E-state index contributed by atoms with van der Waals surface area (Å²) in [5, 5.41) is 14.3. The van der Waals surface area contributed by atoms with Crippen molar-refractivity contribution >= 4 is 21.9 Å². The maximum absolute atomic E-state index is 12.9. The van der Waals surface area contributed by atoms with Gasteiger partial charge in [-0.05, 0) is 17.7 Å². The molecule has 2 rings (SSSR count). The van der Waals surface area contributed by atoms with Crippen molar-refractivity contribution in [3.8, 4) is 0 Å². The maximum Gasteiger partial charge on any atom is 0.331 e. The second-order valence-corrected chi connectivity index (χ2v) is 6.90. The highest BCUT2D eigenvalue weighted by Gasteiger charge is 2.39. The number of aliphatic carboxylic acids is 1. The minimum atomic E-state index is -3.75. The van der Waals surface area contributed by atoms with Gasteiger partial charge < -0.3 is 10.0 Å². The number of carbonyl (C=O) groups is 2. The Kier molecular flexibility index (Phi) is 4.47. The molecule has 1 unspecified atom stereocenters. The van der Waals surface area contributed by atoms with Crippen molar-refractivity contribution < 1.29 is 27.5 Å². The van der Waals surface area contributed by atoms with Gasteiger partial charge in [0, 0.05) is 18.9 Å². The van der Waals surface area contributed by atoms with Crippen LogP contribution in [0.5, 0.6) is 0 Å². The van der Waals surface area contributed by atoms with Gasteiger partial charge in [-0.2, -0.15) is 0 Å². The van der Waals surface area contributed by atoms with Crippen molar-refractivity contribution in [1.29, 1.82) is 0 Å². The number of primary sulfonamides is 1. The highest BCUT2D eigenvalue weighted by atomic mass is 32.2. The van der Waals surface area contributed by atoms with Crippen molar-refractivity contribution in [2.24, 2.45) is 11.1 Å². The summed E-state index contributed by atoms with van der Waals surface area (Å²) in [7, 11) is -3.75. The van der Waals surface area contributed by atoms with Gasteiger partial charge in [0.2, 0.25) is 15.9 Å². The van der Waals surface area contributed by atoms with Gasteiger partial charge >= 0.3 is 5.97 Å². The average Bonchev–Trinajstić information content (AvgIpc) is 2.70. The number of sulfonamides is 1. The lowest BCUT2D eigenvalue weighted by Gasteiger charge is -2.25. The van der Waals surface area contributed by atoms with Crippen LogP contribution in [0, 0.1) is 11.7 Å². The lowest BCUT2D eigenvalue weighted by atomic mass is 10.1. The quantitative estimate of drug-likeness (QED) is 0.793. The summed E-state index contributed by atoms with van der Waals surface area (Å²) in [5.74, 6) is -3.19. The van der Waals surface area contributed by atoms with Crippen molar-refractivity contribution in [3.63, 3.8) is 0 Å². The molecule has 120 valence electrons. The Morgan fingerprint density at radius 3 is 2.50 bits per heavy atom. The summed E-state index contributed by atoms with van der Waals surface area (Å²) in [6.45, 7) is -0.0242. The topological polar surface area (TPSA) is 118 Å². The van der Waals surface area contributed by atoms with E-state index in [1.165, 1.54) is 12.1 Å². The molecule has 1 saturated heterocycles. The Balaban J connectivity index is 2.24. The van der Waals surface area contributed by atoms with Gasteiger partial charge in [0.15, 0.2) is 6.04 Å². The number of halogens is 1. The lowest BCUT2D eigenvalue weighted by Crippen LogP contribution is -2.36. The largest absolute Gasteiger partial charge is 0.479 e. The van der Waals surface area contributed by atoms with E-state index in [4.69, 9.17) is 5.14 Å². The minimum Gasteiger partial charge on any atom is -0.479 e. The van der Waals surface area contributed by atoms with Crippen LogP contribution >= 0.6 is 0 Å². The Labute approximate surface area is 126 Å². The fraction of sp³-hybridized carbons (Fsp3) is 0.385. The van der Waals surface area contributed by atoms with E-state index in [-0.39, 0.29) is 24.3 Å². The summed E-state index contributed by atoms with van der Waals surface area (Å²) in [6.07, 6.45) is -0.0819. The smallest absolute Gasteiger partial charge is 0.331 e. The first-order valence-corrected chi connectivity index (χ1v) is 8.17. The van der Waals surface area contributed by atoms with Crippen LogP contribution in [0.1, 0.15) is 18.0 Å². The molecule has 0 spiro atoms. The molecule has 7 nitrogen and oxygen atoms in total. The summed E-state index contributed by atoms with van der Waals surface area (Å²) in [5.41, 5.74) is 0.249. The van der Waals surface area contributed by atoms with Gasteiger partial charge in [-0.1, -0.05) is 12.1 Å². The standard InChI is InChI=1S/C13H15FN2O5S/c14-10-3-1-9(2-4-10)12(13(18)19)16-6-8(5-11(16)17)7-22(15,20)21/h1-4,8,12H,5-7H2,(H,18,19)(H2,15,20,21)/t8?,12-/m0/s1. The maximum atomic E-state index is 12.9. The fourth-order valence-electron chi connectivity index (χ4n) is 2.60. The number of carboxylic acid groups (broad SMARTS) is 1. The third-order valence-corrected chi connectivity index (χ3v) is 4.37. The van der Waals surface area contributed by atoms with Crippen LogP contribution in [0.15, 0.2) is 24.3 Å². The summed E-state index contributed by atoms with van der Waals surface area (Å²) < 4.78 is 35.1. The highest BCUT2D eigenvalue weighted by Crippen LogP contribution is 2.29.